The minimum Gasteiger partial charge on any atom is -0.491 e. The fraction of sp³-hybridized carbons (Fsp3) is 0.593. The van der Waals surface area contributed by atoms with E-state index in [1.807, 2.05) is 12.2 Å². The highest BCUT2D eigenvalue weighted by Gasteiger charge is 2.39. The molecule has 0 bridgehead atoms. The van der Waals surface area contributed by atoms with Gasteiger partial charge in [0.05, 0.1) is 31.0 Å². The Morgan fingerprint density at radius 1 is 1.15 bits per heavy atom. The Bertz CT molecular complexity index is 986. The molecule has 2 rings (SSSR count). The van der Waals surface area contributed by atoms with Crippen molar-refractivity contribution in [3.63, 3.8) is 0 Å². The summed E-state index contributed by atoms with van der Waals surface area (Å²) in [6.07, 6.45) is 2.39. The van der Waals surface area contributed by atoms with Crippen LogP contribution in [0.1, 0.15) is 50.5 Å². The number of ether oxygens (including phenoxy) is 2. The summed E-state index contributed by atoms with van der Waals surface area (Å²) in [5.74, 6) is -1.13. The van der Waals surface area contributed by atoms with Crippen LogP contribution in [0.3, 0.4) is 0 Å². The lowest BCUT2D eigenvalue weighted by atomic mass is 9.89. The van der Waals surface area contributed by atoms with Gasteiger partial charge in [-0.25, -0.2) is 0 Å². The molecule has 0 unspecified atom stereocenters. The van der Waals surface area contributed by atoms with Crippen molar-refractivity contribution in [3.05, 3.63) is 64.2 Å². The van der Waals surface area contributed by atoms with Gasteiger partial charge in [-0.2, -0.15) is 13.2 Å². The molecule has 0 amide bonds. The summed E-state index contributed by atoms with van der Waals surface area (Å²) in [5.41, 5.74) is -0.857. The first-order chi connectivity index (χ1) is 19.0. The van der Waals surface area contributed by atoms with Crippen molar-refractivity contribution in [3.8, 4) is 5.75 Å². The SMILES string of the molecule is O=C(CCCC=CC[C@@H]1[C@@H](C=C[C@@H](O)COc2cccc(C(F)(F)F)c2)[C@H](O)C[C@@H]1O)OCCCCO[N+](=O)[O-]. The molecule has 1 aliphatic rings. The van der Waals surface area contributed by atoms with Crippen molar-refractivity contribution in [2.45, 2.75) is 69.4 Å². The Balaban J connectivity index is 1.70. The van der Waals surface area contributed by atoms with Crippen LogP contribution in [0.5, 0.6) is 5.75 Å². The Labute approximate surface area is 230 Å². The molecule has 1 aromatic carbocycles. The van der Waals surface area contributed by atoms with E-state index >= 15 is 0 Å². The largest absolute Gasteiger partial charge is 0.491 e. The number of halogens is 3. The third-order valence-electron chi connectivity index (χ3n) is 6.38. The molecule has 1 saturated carbocycles. The fourth-order valence-corrected chi connectivity index (χ4v) is 4.30. The van der Waals surface area contributed by atoms with Crippen LogP contribution in [-0.2, 0) is 20.5 Å². The maximum Gasteiger partial charge on any atom is 0.416 e. The molecule has 1 aromatic rings. The van der Waals surface area contributed by atoms with E-state index in [4.69, 9.17) is 9.47 Å². The lowest BCUT2D eigenvalue weighted by molar-refractivity contribution is -0.757. The number of hydrogen-bond donors (Lipinski definition) is 3. The first kappa shape index (κ1) is 33.0. The average Bonchev–Trinajstić information content (AvgIpc) is 3.16. The second-order valence-corrected chi connectivity index (χ2v) is 9.48. The van der Waals surface area contributed by atoms with Gasteiger partial charge in [-0.3, -0.25) is 4.79 Å². The highest BCUT2D eigenvalue weighted by atomic mass is 19.4. The summed E-state index contributed by atoms with van der Waals surface area (Å²) >= 11 is 0. The first-order valence-corrected chi connectivity index (χ1v) is 13.1. The van der Waals surface area contributed by atoms with Gasteiger partial charge in [0.1, 0.15) is 18.5 Å². The molecule has 0 spiro atoms. The molecule has 1 fully saturated rings. The van der Waals surface area contributed by atoms with Gasteiger partial charge in [0.2, 0.25) is 0 Å². The summed E-state index contributed by atoms with van der Waals surface area (Å²) < 4.78 is 48.8. The van der Waals surface area contributed by atoms with Crippen LogP contribution in [0.2, 0.25) is 0 Å². The summed E-state index contributed by atoms with van der Waals surface area (Å²) in [6, 6.07) is 4.34. The number of nitrogens with zero attached hydrogens (tertiary/aromatic N) is 1. The van der Waals surface area contributed by atoms with Crippen LogP contribution < -0.4 is 4.74 Å². The predicted octanol–water partition coefficient (Wildman–Crippen LogP) is 4.01. The number of carbonyl (C=O) groups is 1. The summed E-state index contributed by atoms with van der Waals surface area (Å²) in [5, 5.41) is 40.1. The van der Waals surface area contributed by atoms with Crippen molar-refractivity contribution in [1.29, 1.82) is 0 Å². The van der Waals surface area contributed by atoms with Gasteiger partial charge in [0.15, 0.2) is 0 Å². The number of unbranched alkanes of at least 4 members (excludes halogenated alkanes) is 2. The number of carbonyl (C=O) groups excluding carboxylic acids is 1. The zero-order chi connectivity index (χ0) is 29.5. The molecular formula is C27H36F3NO9. The minimum absolute atomic E-state index is 0.0322. The van der Waals surface area contributed by atoms with Gasteiger partial charge in [0.25, 0.3) is 5.09 Å². The van der Waals surface area contributed by atoms with E-state index < -0.39 is 41.1 Å². The highest BCUT2D eigenvalue weighted by Crippen LogP contribution is 2.36. The second-order valence-electron chi connectivity index (χ2n) is 9.48. The third kappa shape index (κ3) is 12.3. The van der Waals surface area contributed by atoms with Gasteiger partial charge in [-0.1, -0.05) is 30.4 Å². The number of alkyl halides is 3. The Hall–Kier alpha value is -3.16. The van der Waals surface area contributed by atoms with Crippen molar-refractivity contribution in [1.82, 2.24) is 0 Å². The van der Waals surface area contributed by atoms with E-state index in [-0.39, 0.29) is 50.3 Å². The predicted molar refractivity (Wildman–Crippen MR) is 136 cm³/mol. The van der Waals surface area contributed by atoms with E-state index in [0.29, 0.717) is 32.1 Å². The molecular weight excluding hydrogens is 539 g/mol. The molecule has 40 heavy (non-hydrogen) atoms. The lowest BCUT2D eigenvalue weighted by Crippen LogP contribution is -2.21. The molecule has 0 radical (unpaired) electrons. The van der Waals surface area contributed by atoms with Crippen molar-refractivity contribution >= 4 is 5.97 Å². The molecule has 0 aliphatic heterocycles. The molecule has 1 aliphatic carbocycles. The zero-order valence-corrected chi connectivity index (χ0v) is 21.9. The van der Waals surface area contributed by atoms with Gasteiger partial charge in [-0.15, -0.1) is 10.1 Å². The number of esters is 1. The van der Waals surface area contributed by atoms with E-state index in [2.05, 4.69) is 4.84 Å². The molecule has 0 saturated heterocycles. The van der Waals surface area contributed by atoms with Crippen molar-refractivity contribution in [2.24, 2.45) is 11.8 Å². The van der Waals surface area contributed by atoms with Gasteiger partial charge in [0, 0.05) is 18.8 Å². The standard InChI is InChI=1S/C27H36F3NO9/c28-27(29,30)19-8-7-9-21(16-19)39-18-20(32)12-13-23-22(24(33)17-25(23)34)10-3-1-2-4-11-26(35)38-14-5-6-15-40-31(36)37/h1,3,7-9,12-13,16,20,22-25,32-34H,2,4-6,10-11,14-15,17-18H2/t20-,22-,23-,24+,25-/m1/s1. The summed E-state index contributed by atoms with van der Waals surface area (Å²) in [4.78, 5) is 25.9. The quantitative estimate of drug-likeness (QED) is 0.0824. The van der Waals surface area contributed by atoms with Crippen LogP contribution in [0.25, 0.3) is 0 Å². The van der Waals surface area contributed by atoms with Gasteiger partial charge >= 0.3 is 12.1 Å². The van der Waals surface area contributed by atoms with Crippen LogP contribution in [0.15, 0.2) is 48.6 Å². The molecule has 10 nitrogen and oxygen atoms in total. The van der Waals surface area contributed by atoms with Crippen LogP contribution in [0, 0.1) is 22.0 Å². The smallest absolute Gasteiger partial charge is 0.416 e. The van der Waals surface area contributed by atoms with E-state index in [1.165, 1.54) is 18.2 Å². The highest BCUT2D eigenvalue weighted by molar-refractivity contribution is 5.69. The number of hydrogen-bond acceptors (Lipinski definition) is 9. The van der Waals surface area contributed by atoms with Crippen LogP contribution >= 0.6 is 0 Å². The molecule has 13 heteroatoms. The second kappa shape index (κ2) is 16.8. The molecule has 0 heterocycles. The Kier molecular flexibility index (Phi) is 13.9. The third-order valence-corrected chi connectivity index (χ3v) is 6.38. The maximum atomic E-state index is 12.8. The Morgan fingerprint density at radius 3 is 2.62 bits per heavy atom. The number of aliphatic hydroxyl groups excluding tert-OH is 3. The van der Waals surface area contributed by atoms with Gasteiger partial charge < -0.3 is 29.6 Å². The zero-order valence-electron chi connectivity index (χ0n) is 21.9. The lowest BCUT2D eigenvalue weighted by Gasteiger charge is -2.19. The monoisotopic (exact) mass is 575 g/mol. The summed E-state index contributed by atoms with van der Waals surface area (Å²) in [7, 11) is 0. The Morgan fingerprint density at radius 2 is 1.90 bits per heavy atom. The maximum absolute atomic E-state index is 12.8. The van der Waals surface area contributed by atoms with Gasteiger partial charge in [-0.05, 0) is 56.2 Å². The fourth-order valence-electron chi connectivity index (χ4n) is 4.30. The van der Waals surface area contributed by atoms with E-state index in [0.717, 1.165) is 12.1 Å². The average molecular weight is 576 g/mol. The number of aliphatic hydroxyl groups is 3. The van der Waals surface area contributed by atoms with Crippen molar-refractivity contribution in [2.75, 3.05) is 19.8 Å². The van der Waals surface area contributed by atoms with Crippen LogP contribution in [-0.4, -0.2) is 64.5 Å². The molecule has 3 N–H and O–H groups in total. The van der Waals surface area contributed by atoms with Crippen LogP contribution in [0.4, 0.5) is 13.2 Å². The molecule has 0 aromatic heterocycles. The minimum atomic E-state index is -4.51. The number of allylic oxidation sites excluding steroid dienone is 2. The van der Waals surface area contributed by atoms with Crippen molar-refractivity contribution < 1.29 is 52.7 Å². The topological polar surface area (TPSA) is 149 Å². The van der Waals surface area contributed by atoms with E-state index in [9.17, 15) is 43.4 Å². The van der Waals surface area contributed by atoms with E-state index in [1.54, 1.807) is 6.08 Å². The molecule has 224 valence electrons. The summed E-state index contributed by atoms with van der Waals surface area (Å²) in [6.45, 7) is -0.165. The normalized spacial score (nSPS) is 22.1. The number of benzene rings is 1. The first-order valence-electron chi connectivity index (χ1n) is 13.1. The number of rotatable bonds is 17. The molecule has 5 atom stereocenters.